The van der Waals surface area contributed by atoms with Crippen molar-refractivity contribution in [1.29, 1.82) is 0 Å². The molecule has 2 aromatic carbocycles. The Kier molecular flexibility index (Phi) is 4.82. The van der Waals surface area contributed by atoms with Crippen LogP contribution >= 0.6 is 34.8 Å². The molecule has 2 rings (SSSR count). The monoisotopic (exact) mass is 366 g/mol. The van der Waals surface area contributed by atoms with E-state index in [9.17, 15) is 13.5 Å². The maximum Gasteiger partial charge on any atom is 0.294 e. The summed E-state index contributed by atoms with van der Waals surface area (Å²) in [4.78, 5) is -0.315. The van der Waals surface area contributed by atoms with Gasteiger partial charge in [-0.2, -0.15) is 8.42 Å². The van der Waals surface area contributed by atoms with Crippen molar-refractivity contribution in [2.75, 3.05) is 0 Å². The number of rotatable bonds is 3. The van der Waals surface area contributed by atoms with E-state index in [1.807, 2.05) is 0 Å². The summed E-state index contributed by atoms with van der Waals surface area (Å²) >= 11 is 17.6. The topological polar surface area (TPSA) is 74.6 Å². The van der Waals surface area contributed by atoms with E-state index in [2.05, 4.69) is 0 Å². The van der Waals surface area contributed by atoms with E-state index in [1.54, 1.807) is 0 Å². The summed E-state index contributed by atoms with van der Waals surface area (Å²) in [6, 6.07) is 8.15. The Morgan fingerprint density at radius 3 is 2.05 bits per heavy atom. The molecule has 0 spiro atoms. The van der Waals surface area contributed by atoms with Gasteiger partial charge in [-0.3, -0.25) is 4.55 Å². The number of aliphatic hydroxyl groups excluding tert-OH is 1. The Morgan fingerprint density at radius 2 is 1.52 bits per heavy atom. The van der Waals surface area contributed by atoms with Gasteiger partial charge in [0.25, 0.3) is 10.1 Å². The highest BCUT2D eigenvalue weighted by atomic mass is 35.5. The highest BCUT2D eigenvalue weighted by Crippen LogP contribution is 2.35. The molecule has 1 atom stereocenters. The van der Waals surface area contributed by atoms with Crippen molar-refractivity contribution in [3.63, 3.8) is 0 Å². The number of halogens is 3. The predicted octanol–water partition coefficient (Wildman–Crippen LogP) is 3.98. The van der Waals surface area contributed by atoms with E-state index < -0.39 is 16.2 Å². The Morgan fingerprint density at radius 1 is 0.952 bits per heavy atom. The first-order chi connectivity index (χ1) is 9.70. The van der Waals surface area contributed by atoms with Crippen LogP contribution in [0.5, 0.6) is 0 Å². The molecule has 0 heterocycles. The SMILES string of the molecule is O=S(=O)(O)c1cccc(C(O)c2cc(Cl)c(Cl)c(Cl)c2)c1. The van der Waals surface area contributed by atoms with Crippen LogP contribution in [-0.4, -0.2) is 18.1 Å². The quantitative estimate of drug-likeness (QED) is 0.636. The molecule has 21 heavy (non-hydrogen) atoms. The zero-order chi connectivity index (χ0) is 15.8. The van der Waals surface area contributed by atoms with Gasteiger partial charge in [0.2, 0.25) is 0 Å². The van der Waals surface area contributed by atoms with Crippen molar-refractivity contribution in [2.45, 2.75) is 11.0 Å². The lowest BCUT2D eigenvalue weighted by atomic mass is 10.0. The molecule has 112 valence electrons. The fourth-order valence-corrected chi connectivity index (χ4v) is 2.92. The molecule has 8 heteroatoms. The predicted molar refractivity (Wildman–Crippen MR) is 81.8 cm³/mol. The third kappa shape index (κ3) is 3.69. The summed E-state index contributed by atoms with van der Waals surface area (Å²) in [5.41, 5.74) is 0.612. The summed E-state index contributed by atoms with van der Waals surface area (Å²) in [6.45, 7) is 0. The van der Waals surface area contributed by atoms with Gasteiger partial charge in [0.15, 0.2) is 0 Å². The fourth-order valence-electron chi connectivity index (χ4n) is 1.77. The molecule has 4 nitrogen and oxygen atoms in total. The fraction of sp³-hybridized carbons (Fsp3) is 0.0769. The lowest BCUT2D eigenvalue weighted by molar-refractivity contribution is 0.220. The largest absolute Gasteiger partial charge is 0.384 e. The van der Waals surface area contributed by atoms with Crippen molar-refractivity contribution in [2.24, 2.45) is 0 Å². The molecule has 0 aromatic heterocycles. The molecule has 1 unspecified atom stereocenters. The minimum Gasteiger partial charge on any atom is -0.384 e. The van der Waals surface area contributed by atoms with E-state index in [4.69, 9.17) is 39.4 Å². The average Bonchev–Trinajstić information content (AvgIpc) is 2.42. The van der Waals surface area contributed by atoms with Crippen LogP contribution in [0.3, 0.4) is 0 Å². The number of hydrogen-bond donors (Lipinski definition) is 2. The molecule has 0 aliphatic carbocycles. The average molecular weight is 368 g/mol. The minimum atomic E-state index is -4.35. The van der Waals surface area contributed by atoms with Crippen molar-refractivity contribution >= 4 is 44.9 Å². The first-order valence-corrected chi connectivity index (χ1v) is 8.17. The number of aliphatic hydroxyl groups is 1. The molecule has 0 bridgehead atoms. The number of benzene rings is 2. The molecule has 0 radical (unpaired) electrons. The van der Waals surface area contributed by atoms with Crippen LogP contribution in [0, 0.1) is 0 Å². The zero-order valence-electron chi connectivity index (χ0n) is 10.3. The van der Waals surface area contributed by atoms with Crippen LogP contribution < -0.4 is 0 Å². The van der Waals surface area contributed by atoms with Crippen molar-refractivity contribution in [3.8, 4) is 0 Å². The summed E-state index contributed by atoms with van der Waals surface area (Å²) in [6.07, 6.45) is -1.17. The Bertz CT molecular complexity index is 767. The van der Waals surface area contributed by atoms with Crippen LogP contribution in [0.4, 0.5) is 0 Å². The van der Waals surface area contributed by atoms with Gasteiger partial charge in [0, 0.05) is 0 Å². The van der Waals surface area contributed by atoms with Gasteiger partial charge >= 0.3 is 0 Å². The second-order valence-corrected chi connectivity index (χ2v) is 6.86. The third-order valence-corrected chi connectivity index (χ3v) is 4.84. The summed E-state index contributed by atoms with van der Waals surface area (Å²) in [7, 11) is -4.35. The lowest BCUT2D eigenvalue weighted by Crippen LogP contribution is -2.03. The van der Waals surface area contributed by atoms with E-state index in [-0.39, 0.29) is 25.5 Å². The Balaban J connectivity index is 2.48. The van der Waals surface area contributed by atoms with Gasteiger partial charge in [-0.25, -0.2) is 0 Å². The maximum absolute atomic E-state index is 11.1. The normalized spacial score (nSPS) is 13.2. The van der Waals surface area contributed by atoms with Gasteiger partial charge in [-0.1, -0.05) is 46.9 Å². The second-order valence-electron chi connectivity index (χ2n) is 4.25. The van der Waals surface area contributed by atoms with Crippen LogP contribution in [0.15, 0.2) is 41.3 Å². The molecular formula is C13H9Cl3O4S. The van der Waals surface area contributed by atoms with E-state index >= 15 is 0 Å². The van der Waals surface area contributed by atoms with Crippen LogP contribution in [0.25, 0.3) is 0 Å². The first kappa shape index (κ1) is 16.5. The summed E-state index contributed by atoms with van der Waals surface area (Å²) in [5.74, 6) is 0. The first-order valence-electron chi connectivity index (χ1n) is 5.60. The third-order valence-electron chi connectivity index (χ3n) is 2.79. The number of hydrogen-bond acceptors (Lipinski definition) is 3. The van der Waals surface area contributed by atoms with Gasteiger partial charge in [-0.15, -0.1) is 0 Å². The van der Waals surface area contributed by atoms with Crippen molar-refractivity contribution < 1.29 is 18.1 Å². The maximum atomic E-state index is 11.1. The van der Waals surface area contributed by atoms with E-state index in [0.29, 0.717) is 5.56 Å². The smallest absolute Gasteiger partial charge is 0.294 e. The van der Waals surface area contributed by atoms with E-state index in [1.165, 1.54) is 30.3 Å². The molecular weight excluding hydrogens is 359 g/mol. The van der Waals surface area contributed by atoms with Crippen molar-refractivity contribution in [3.05, 3.63) is 62.6 Å². The highest BCUT2D eigenvalue weighted by Gasteiger charge is 2.17. The molecule has 2 N–H and O–H groups in total. The highest BCUT2D eigenvalue weighted by molar-refractivity contribution is 7.85. The van der Waals surface area contributed by atoms with Gasteiger partial charge < -0.3 is 5.11 Å². The van der Waals surface area contributed by atoms with E-state index in [0.717, 1.165) is 6.07 Å². The Hall–Kier alpha value is -0.820. The van der Waals surface area contributed by atoms with Crippen LogP contribution in [0.1, 0.15) is 17.2 Å². The molecule has 0 aliphatic heterocycles. The molecule has 0 fully saturated rings. The lowest BCUT2D eigenvalue weighted by Gasteiger charge is -2.14. The van der Waals surface area contributed by atoms with Crippen LogP contribution in [0.2, 0.25) is 15.1 Å². The zero-order valence-corrected chi connectivity index (χ0v) is 13.4. The van der Waals surface area contributed by atoms with Gasteiger partial charge in [0.1, 0.15) is 6.10 Å². The molecule has 0 saturated carbocycles. The molecule has 0 aliphatic rings. The van der Waals surface area contributed by atoms with Gasteiger partial charge in [0.05, 0.1) is 20.0 Å². The minimum absolute atomic E-state index is 0.168. The summed E-state index contributed by atoms with van der Waals surface area (Å²) < 4.78 is 31.2. The molecule has 2 aromatic rings. The summed E-state index contributed by atoms with van der Waals surface area (Å²) in [5, 5.41) is 10.8. The Labute approximate surface area is 136 Å². The molecule has 0 amide bonds. The standard InChI is InChI=1S/C13H9Cl3O4S/c14-10-5-8(6-11(15)12(10)16)13(17)7-2-1-3-9(4-7)21(18,19)20/h1-6,13,17H,(H,18,19,20). The van der Waals surface area contributed by atoms with Crippen LogP contribution in [-0.2, 0) is 10.1 Å². The van der Waals surface area contributed by atoms with Crippen molar-refractivity contribution in [1.82, 2.24) is 0 Å². The molecule has 0 saturated heterocycles. The second kappa shape index (κ2) is 6.12. The van der Waals surface area contributed by atoms with Gasteiger partial charge in [-0.05, 0) is 35.4 Å².